The van der Waals surface area contributed by atoms with E-state index in [4.69, 9.17) is 16.3 Å². The Bertz CT molecular complexity index is 2240. The maximum atomic E-state index is 15.4. The van der Waals surface area contributed by atoms with E-state index in [1.165, 1.54) is 9.80 Å². The van der Waals surface area contributed by atoms with Crippen molar-refractivity contribution in [3.8, 4) is 11.5 Å². The number of aromatic hydroxyl groups is 1. The third-order valence-corrected chi connectivity index (χ3v) is 12.4. The van der Waals surface area contributed by atoms with Crippen LogP contribution in [0.5, 0.6) is 11.5 Å². The fourth-order valence-electron chi connectivity index (χ4n) is 9.40. The van der Waals surface area contributed by atoms with E-state index >= 15 is 4.79 Å². The van der Waals surface area contributed by atoms with Crippen molar-refractivity contribution in [3.63, 3.8) is 0 Å². The van der Waals surface area contributed by atoms with Gasteiger partial charge in [0.25, 0.3) is 0 Å². The van der Waals surface area contributed by atoms with Gasteiger partial charge in [-0.3, -0.25) is 24.1 Å². The Labute approximate surface area is 312 Å². The number of hydrogen-bond donors (Lipinski definition) is 1. The molecule has 51 heavy (non-hydrogen) atoms. The number of fused-ring (bicyclic) bond motifs is 5. The Morgan fingerprint density at radius 1 is 0.804 bits per heavy atom. The first kappa shape index (κ1) is 32.2. The maximum Gasteiger partial charge on any atom is 0.246 e. The first-order chi connectivity index (χ1) is 24.7. The molecule has 9 rings (SSSR count). The number of nitrogens with zero attached hydrogens (tertiary/aromatic N) is 2. The number of allylic oxidation sites excluding steroid dienone is 3. The smallest absolute Gasteiger partial charge is 0.246 e. The summed E-state index contributed by atoms with van der Waals surface area (Å²) in [6, 6.07) is 28.3. The van der Waals surface area contributed by atoms with Crippen molar-refractivity contribution < 1.29 is 29.0 Å². The number of anilines is 2. The van der Waals surface area contributed by atoms with Crippen LogP contribution in [-0.2, 0) is 31.0 Å². The summed E-state index contributed by atoms with van der Waals surface area (Å²) < 4.78 is 7.18. The highest BCUT2D eigenvalue weighted by molar-refractivity contribution is 14.1. The van der Waals surface area contributed by atoms with Crippen LogP contribution in [-0.4, -0.2) is 28.7 Å². The standard InChI is InChI=1S/C41H30ClIN2O6/c42-25-7-4-8-28(19-25)45-38(48)33-20-32-30(14-15-31-35(32)39(49)44(37(31)47)27-11-9-26(43)10-12-27)36(41(33,40(45)50)24-5-2-1-3-6-24)23-17-22-18-29(46)13-16-34(22)51-21-23/h1-14,16,18-19,21,31-33,35-36,46H,15,17,20H2/t31-,32+,33-,35-,36-,41+/m0/s1. The minimum atomic E-state index is -1.40. The van der Waals surface area contributed by atoms with Gasteiger partial charge in [-0.2, -0.15) is 0 Å². The molecule has 0 bridgehead atoms. The number of ether oxygens (including phenoxy) is 1. The highest BCUT2D eigenvalue weighted by Crippen LogP contribution is 2.64. The molecular formula is C41H30ClIN2O6. The van der Waals surface area contributed by atoms with E-state index < -0.39 is 35.0 Å². The molecule has 1 saturated carbocycles. The summed E-state index contributed by atoms with van der Waals surface area (Å²) in [6.45, 7) is 0. The van der Waals surface area contributed by atoms with Gasteiger partial charge in [-0.05, 0) is 113 Å². The minimum Gasteiger partial charge on any atom is -0.508 e. The lowest BCUT2D eigenvalue weighted by atomic mass is 9.48. The predicted octanol–water partition coefficient (Wildman–Crippen LogP) is 7.37. The van der Waals surface area contributed by atoms with Crippen LogP contribution >= 0.6 is 34.2 Å². The molecule has 3 heterocycles. The number of carbonyl (C=O) groups is 4. The van der Waals surface area contributed by atoms with Gasteiger partial charge in [-0.15, -0.1) is 0 Å². The van der Waals surface area contributed by atoms with Crippen LogP contribution in [0.25, 0.3) is 0 Å². The van der Waals surface area contributed by atoms with Crippen molar-refractivity contribution in [1.29, 1.82) is 0 Å². The van der Waals surface area contributed by atoms with E-state index in [-0.39, 0.29) is 35.8 Å². The summed E-state index contributed by atoms with van der Waals surface area (Å²) in [4.78, 5) is 61.5. The van der Waals surface area contributed by atoms with Crippen LogP contribution in [0.3, 0.4) is 0 Å². The van der Waals surface area contributed by atoms with E-state index in [1.807, 2.05) is 48.5 Å². The van der Waals surface area contributed by atoms with Crippen LogP contribution in [0.2, 0.25) is 5.02 Å². The summed E-state index contributed by atoms with van der Waals surface area (Å²) >= 11 is 8.61. The number of hydrogen-bond acceptors (Lipinski definition) is 6. The fourth-order valence-corrected chi connectivity index (χ4v) is 9.95. The Morgan fingerprint density at radius 3 is 2.35 bits per heavy atom. The van der Waals surface area contributed by atoms with Crippen molar-refractivity contribution in [1.82, 2.24) is 0 Å². The monoisotopic (exact) mass is 808 g/mol. The summed E-state index contributed by atoms with van der Waals surface area (Å²) in [7, 11) is 0. The molecule has 1 N–H and O–H groups in total. The lowest BCUT2D eigenvalue weighted by Crippen LogP contribution is -2.55. The molecule has 0 radical (unpaired) electrons. The molecule has 0 aromatic heterocycles. The predicted molar refractivity (Wildman–Crippen MR) is 199 cm³/mol. The molecule has 5 aliphatic rings. The van der Waals surface area contributed by atoms with Crippen LogP contribution in [0.4, 0.5) is 11.4 Å². The normalized spacial score (nSPS) is 28.0. The zero-order valence-electron chi connectivity index (χ0n) is 27.0. The number of carbonyl (C=O) groups excluding carboxylic acids is 4. The molecule has 4 aromatic rings. The molecule has 254 valence electrons. The van der Waals surface area contributed by atoms with Gasteiger partial charge in [0.15, 0.2) is 0 Å². The summed E-state index contributed by atoms with van der Waals surface area (Å²) in [5.41, 5.74) is 2.51. The second-order valence-corrected chi connectivity index (χ2v) is 15.5. The van der Waals surface area contributed by atoms with Crippen molar-refractivity contribution in [3.05, 3.63) is 140 Å². The number of halogens is 2. The molecule has 2 saturated heterocycles. The quantitative estimate of drug-likeness (QED) is 0.131. The van der Waals surface area contributed by atoms with Crippen LogP contribution in [0, 0.1) is 33.2 Å². The van der Waals surface area contributed by atoms with Gasteiger partial charge in [-0.25, -0.2) is 4.90 Å². The van der Waals surface area contributed by atoms with Crippen molar-refractivity contribution in [2.45, 2.75) is 24.7 Å². The second-order valence-electron chi connectivity index (χ2n) is 13.9. The number of amides is 4. The van der Waals surface area contributed by atoms with E-state index in [1.54, 1.807) is 60.9 Å². The molecular weight excluding hydrogens is 779 g/mol. The first-order valence-corrected chi connectivity index (χ1v) is 18.3. The van der Waals surface area contributed by atoms with E-state index in [2.05, 4.69) is 22.6 Å². The number of imide groups is 2. The molecule has 4 aromatic carbocycles. The van der Waals surface area contributed by atoms with Crippen LogP contribution in [0.1, 0.15) is 24.0 Å². The van der Waals surface area contributed by atoms with Crippen molar-refractivity contribution >= 4 is 69.2 Å². The maximum absolute atomic E-state index is 15.4. The average Bonchev–Trinajstić information content (AvgIpc) is 3.52. The van der Waals surface area contributed by atoms with Gasteiger partial charge in [-0.1, -0.05) is 59.6 Å². The number of phenolic OH excluding ortho intramolecular Hbond substituents is 1. The zero-order chi connectivity index (χ0) is 35.2. The number of benzene rings is 4. The summed E-state index contributed by atoms with van der Waals surface area (Å²) in [5.74, 6) is -4.01. The SMILES string of the molecule is O=C1[C@H]2[C@H](CC=C3[C@H](C4=COc5ccc(O)cc5C4)[C@]4(c5ccccc5)C(=O)N(c5cccc(Cl)c5)C(=O)[C@@H]4C[C@H]32)C(=O)N1c1ccc(I)cc1. The van der Waals surface area contributed by atoms with Gasteiger partial charge in [0, 0.05) is 26.5 Å². The van der Waals surface area contributed by atoms with E-state index in [9.17, 15) is 19.5 Å². The third kappa shape index (κ3) is 4.70. The summed E-state index contributed by atoms with van der Waals surface area (Å²) in [5, 5.41) is 10.8. The van der Waals surface area contributed by atoms with Gasteiger partial charge in [0.2, 0.25) is 23.6 Å². The van der Waals surface area contributed by atoms with Crippen molar-refractivity contribution in [2.75, 3.05) is 9.80 Å². The topological polar surface area (TPSA) is 104 Å². The molecule has 10 heteroatoms. The molecule has 8 nitrogen and oxygen atoms in total. The Kier molecular flexibility index (Phi) is 7.52. The molecule has 0 unspecified atom stereocenters. The Balaban J connectivity index is 1.25. The van der Waals surface area contributed by atoms with Gasteiger partial charge < -0.3 is 9.84 Å². The molecule has 2 aliphatic carbocycles. The second kappa shape index (κ2) is 11.9. The zero-order valence-corrected chi connectivity index (χ0v) is 30.0. The minimum absolute atomic E-state index is 0.0838. The third-order valence-electron chi connectivity index (χ3n) is 11.4. The van der Waals surface area contributed by atoms with Crippen LogP contribution in [0.15, 0.2) is 121 Å². The lowest BCUT2D eigenvalue weighted by Gasteiger charge is -2.51. The molecule has 3 aliphatic heterocycles. The van der Waals surface area contributed by atoms with Crippen LogP contribution < -0.4 is 14.5 Å². The van der Waals surface area contributed by atoms with E-state index in [0.29, 0.717) is 40.6 Å². The molecule has 6 atom stereocenters. The van der Waals surface area contributed by atoms with E-state index in [0.717, 1.165) is 20.3 Å². The highest BCUT2D eigenvalue weighted by Gasteiger charge is 2.70. The van der Waals surface area contributed by atoms with Crippen molar-refractivity contribution in [2.24, 2.45) is 29.6 Å². The highest BCUT2D eigenvalue weighted by atomic mass is 127. The summed E-state index contributed by atoms with van der Waals surface area (Å²) in [6.07, 6.45) is 4.57. The number of rotatable bonds is 4. The average molecular weight is 809 g/mol. The first-order valence-electron chi connectivity index (χ1n) is 16.9. The Morgan fingerprint density at radius 2 is 1.59 bits per heavy atom. The lowest BCUT2D eigenvalue weighted by molar-refractivity contribution is -0.128. The van der Waals surface area contributed by atoms with Gasteiger partial charge in [0.1, 0.15) is 11.5 Å². The molecule has 0 spiro atoms. The van der Waals surface area contributed by atoms with Gasteiger partial charge in [0.05, 0.1) is 40.8 Å². The van der Waals surface area contributed by atoms with Gasteiger partial charge >= 0.3 is 0 Å². The largest absolute Gasteiger partial charge is 0.508 e. The molecule has 4 amide bonds. The Hall–Kier alpha value is -4.74. The fraction of sp³-hybridized carbons (Fsp3) is 0.220. The molecule has 3 fully saturated rings. The number of phenols is 1.